The highest BCUT2D eigenvalue weighted by atomic mass is 16.6. The van der Waals surface area contributed by atoms with Gasteiger partial charge >= 0.3 is 0 Å². The molecule has 0 bridgehead atoms. The maximum Gasteiger partial charge on any atom is 0.0962 e. The molecule has 0 spiro atoms. The van der Waals surface area contributed by atoms with Gasteiger partial charge in [-0.25, -0.2) is 0 Å². The van der Waals surface area contributed by atoms with E-state index in [2.05, 4.69) is 5.29 Å². The van der Waals surface area contributed by atoms with Crippen LogP contribution in [0.4, 0.5) is 0 Å². The summed E-state index contributed by atoms with van der Waals surface area (Å²) in [5, 5.41) is 25.2. The van der Waals surface area contributed by atoms with Gasteiger partial charge in [-0.2, -0.15) is 5.01 Å². The molecule has 3 N–H and O–H groups in total. The Morgan fingerprint density at radius 3 is 2.09 bits per heavy atom. The highest BCUT2D eigenvalue weighted by Crippen LogP contribution is 1.90. The molecule has 7 heteroatoms. The zero-order valence-electron chi connectivity index (χ0n) is 5.77. The van der Waals surface area contributed by atoms with Gasteiger partial charge in [-0.05, 0) is 0 Å². The first kappa shape index (κ1) is 9.66. The summed E-state index contributed by atoms with van der Waals surface area (Å²) in [6, 6.07) is 0. The van der Waals surface area contributed by atoms with E-state index in [4.69, 9.17) is 16.0 Å². The van der Waals surface area contributed by atoms with Crippen molar-refractivity contribution in [3.8, 4) is 0 Å². The molecule has 0 heterocycles. The van der Waals surface area contributed by atoms with Gasteiger partial charge in [0, 0.05) is 12.4 Å². The second kappa shape index (κ2) is 5.45. The molecule has 0 aliphatic heterocycles. The fraction of sp³-hybridized carbons (Fsp3) is 0.500. The molecule has 0 amide bonds. The van der Waals surface area contributed by atoms with Crippen molar-refractivity contribution in [1.29, 1.82) is 10.8 Å². The van der Waals surface area contributed by atoms with Crippen LogP contribution in [0.25, 0.3) is 0 Å². The van der Waals surface area contributed by atoms with E-state index < -0.39 is 0 Å². The summed E-state index contributed by atoms with van der Waals surface area (Å²) in [7, 11) is 0. The standard InChI is InChI=1S/C4H9N5O2/c5-1-3-8(4-2-6)9(11)7-10/h1-2,5-6,11H,3-4H2. The van der Waals surface area contributed by atoms with Crippen molar-refractivity contribution >= 4 is 12.4 Å². The van der Waals surface area contributed by atoms with Crippen LogP contribution in [0.3, 0.4) is 0 Å². The summed E-state index contributed by atoms with van der Waals surface area (Å²) in [6.07, 6.45) is 1.97. The summed E-state index contributed by atoms with van der Waals surface area (Å²) in [6.45, 7) is 0.0786. The number of rotatable bonds is 6. The Labute approximate surface area is 63.1 Å². The Kier molecular flexibility index (Phi) is 4.78. The van der Waals surface area contributed by atoms with E-state index in [0.29, 0.717) is 0 Å². The van der Waals surface area contributed by atoms with Crippen LogP contribution in [0, 0.1) is 15.7 Å². The summed E-state index contributed by atoms with van der Waals surface area (Å²) in [4.78, 5) is 9.73. The van der Waals surface area contributed by atoms with Gasteiger partial charge in [-0.15, -0.1) is 4.91 Å². The van der Waals surface area contributed by atoms with Crippen LogP contribution in [-0.4, -0.2) is 41.0 Å². The summed E-state index contributed by atoms with van der Waals surface area (Å²) in [5.74, 6) is 0. The third-order valence-corrected chi connectivity index (χ3v) is 0.930. The maximum absolute atomic E-state index is 9.73. The third-order valence-electron chi connectivity index (χ3n) is 0.930. The minimum absolute atomic E-state index is 0.0393. The van der Waals surface area contributed by atoms with Crippen LogP contribution in [0.5, 0.6) is 0 Å². The van der Waals surface area contributed by atoms with Crippen LogP contribution < -0.4 is 0 Å². The molecule has 0 aromatic rings. The van der Waals surface area contributed by atoms with Crippen molar-refractivity contribution in [2.24, 2.45) is 5.29 Å². The lowest BCUT2D eigenvalue weighted by molar-refractivity contribution is -0.235. The predicted octanol–water partition coefficient (Wildman–Crippen LogP) is -0.125. The maximum atomic E-state index is 9.73. The number of nitrogens with one attached hydrogen (secondary N) is 2. The molecule has 0 fully saturated rings. The van der Waals surface area contributed by atoms with E-state index in [-0.39, 0.29) is 18.4 Å². The van der Waals surface area contributed by atoms with Gasteiger partial charge in [0.05, 0.1) is 18.4 Å². The Hall–Kier alpha value is -1.34. The molecular formula is C4H9N5O2. The Bertz CT molecular complexity index is 139. The molecule has 0 aliphatic rings. The van der Waals surface area contributed by atoms with Crippen molar-refractivity contribution in [3.05, 3.63) is 4.91 Å². The average molecular weight is 159 g/mol. The minimum atomic E-state index is 0.0393. The summed E-state index contributed by atoms with van der Waals surface area (Å²) in [5.41, 5.74) is 0. The molecule has 11 heavy (non-hydrogen) atoms. The molecule has 0 rings (SSSR count). The lowest BCUT2D eigenvalue weighted by Gasteiger charge is -2.19. The van der Waals surface area contributed by atoms with Gasteiger partial charge in [-0.1, -0.05) is 5.28 Å². The zero-order chi connectivity index (χ0) is 8.69. The predicted molar refractivity (Wildman–Crippen MR) is 38.6 cm³/mol. The summed E-state index contributed by atoms with van der Waals surface area (Å²) >= 11 is 0. The fourth-order valence-corrected chi connectivity index (χ4v) is 0.483. The molecule has 0 unspecified atom stereocenters. The van der Waals surface area contributed by atoms with E-state index in [9.17, 15) is 4.91 Å². The molecular weight excluding hydrogens is 150 g/mol. The molecule has 7 nitrogen and oxygen atoms in total. The van der Waals surface area contributed by atoms with Crippen LogP contribution in [0.15, 0.2) is 5.29 Å². The number of hydrogen-bond acceptors (Lipinski definition) is 6. The highest BCUT2D eigenvalue weighted by molar-refractivity contribution is 5.59. The molecule has 0 aliphatic carbocycles. The molecule has 62 valence electrons. The Morgan fingerprint density at radius 1 is 1.36 bits per heavy atom. The zero-order valence-corrected chi connectivity index (χ0v) is 5.77. The second-order valence-electron chi connectivity index (χ2n) is 1.63. The van der Waals surface area contributed by atoms with Crippen molar-refractivity contribution in [3.63, 3.8) is 0 Å². The van der Waals surface area contributed by atoms with Crippen molar-refractivity contribution in [2.45, 2.75) is 0 Å². The fourth-order valence-electron chi connectivity index (χ4n) is 0.483. The first-order valence-electron chi connectivity index (χ1n) is 2.81. The van der Waals surface area contributed by atoms with E-state index in [1.807, 2.05) is 0 Å². The lowest BCUT2D eigenvalue weighted by atomic mass is 10.6. The first-order valence-corrected chi connectivity index (χ1v) is 2.81. The number of hydrazine groups is 1. The van der Waals surface area contributed by atoms with Gasteiger partial charge in [-0.3, -0.25) is 5.21 Å². The summed E-state index contributed by atoms with van der Waals surface area (Å²) < 4.78 is 0. The van der Waals surface area contributed by atoms with Crippen molar-refractivity contribution < 1.29 is 5.21 Å². The van der Waals surface area contributed by atoms with Gasteiger partial charge in [0.15, 0.2) is 0 Å². The highest BCUT2D eigenvalue weighted by Gasteiger charge is 2.08. The van der Waals surface area contributed by atoms with Crippen molar-refractivity contribution in [1.82, 2.24) is 10.3 Å². The molecule has 0 aromatic carbocycles. The monoisotopic (exact) mass is 159 g/mol. The quantitative estimate of drug-likeness (QED) is 0.285. The molecule has 0 atom stereocenters. The van der Waals surface area contributed by atoms with Crippen LogP contribution in [-0.2, 0) is 0 Å². The normalized spacial score (nSPS) is 9.27. The van der Waals surface area contributed by atoms with Gasteiger partial charge in [0.1, 0.15) is 0 Å². The van der Waals surface area contributed by atoms with Gasteiger partial charge in [0.25, 0.3) is 0 Å². The van der Waals surface area contributed by atoms with Gasteiger partial charge in [0.2, 0.25) is 0 Å². The smallest absolute Gasteiger partial charge is 0.0962 e. The van der Waals surface area contributed by atoms with E-state index >= 15 is 0 Å². The van der Waals surface area contributed by atoms with Crippen molar-refractivity contribution in [2.75, 3.05) is 13.1 Å². The lowest BCUT2D eigenvalue weighted by Crippen LogP contribution is -2.38. The number of hydrogen-bond donors (Lipinski definition) is 3. The number of nitrogens with zero attached hydrogens (tertiary/aromatic N) is 3. The molecule has 0 radical (unpaired) electrons. The van der Waals surface area contributed by atoms with Crippen LogP contribution in [0.1, 0.15) is 0 Å². The topological polar surface area (TPSA) is 104 Å². The SMILES string of the molecule is N=CCN(CC=N)N(O)N=O. The van der Waals surface area contributed by atoms with E-state index in [0.717, 1.165) is 17.4 Å². The Balaban J connectivity index is 3.94. The second-order valence-corrected chi connectivity index (χ2v) is 1.63. The van der Waals surface area contributed by atoms with Crippen LogP contribution in [0.2, 0.25) is 0 Å². The van der Waals surface area contributed by atoms with E-state index in [1.165, 1.54) is 0 Å². The molecule has 0 saturated heterocycles. The first-order chi connectivity index (χ1) is 5.26. The van der Waals surface area contributed by atoms with E-state index in [1.54, 1.807) is 0 Å². The third kappa shape index (κ3) is 3.38. The average Bonchev–Trinajstić information content (AvgIpc) is 2.03. The number of nitroso groups, excluding NO2 is 1. The largest absolute Gasteiger partial charge is 0.312 e. The molecule has 0 saturated carbocycles. The van der Waals surface area contributed by atoms with Gasteiger partial charge < -0.3 is 10.8 Å². The Morgan fingerprint density at radius 2 is 1.82 bits per heavy atom. The molecule has 0 aromatic heterocycles. The minimum Gasteiger partial charge on any atom is -0.312 e. The van der Waals surface area contributed by atoms with Crippen LogP contribution >= 0.6 is 0 Å².